The molecule has 2 aromatic rings. The van der Waals surface area contributed by atoms with E-state index in [1.165, 1.54) is 24.9 Å². The maximum absolute atomic E-state index is 5.66. The maximum atomic E-state index is 5.66. The van der Waals surface area contributed by atoms with Crippen molar-refractivity contribution in [2.45, 2.75) is 38.9 Å². The van der Waals surface area contributed by atoms with Crippen molar-refractivity contribution in [3.05, 3.63) is 53.9 Å². The summed E-state index contributed by atoms with van der Waals surface area (Å²) in [5.41, 5.74) is 2.39. The lowest BCUT2D eigenvalue weighted by Crippen LogP contribution is -2.39. The molecule has 1 fully saturated rings. The van der Waals surface area contributed by atoms with Crippen LogP contribution in [0.4, 0.5) is 0 Å². The van der Waals surface area contributed by atoms with E-state index in [0.717, 1.165) is 43.2 Å². The van der Waals surface area contributed by atoms with E-state index in [1.807, 2.05) is 30.6 Å². The number of methoxy groups -OCH3 is 2. The topological polar surface area (TPSA) is 37.8 Å². The second-order valence-corrected chi connectivity index (χ2v) is 7.11. The van der Waals surface area contributed by atoms with Crippen LogP contribution in [0.3, 0.4) is 0 Å². The molecule has 5 nitrogen and oxygen atoms in total. The van der Waals surface area contributed by atoms with Crippen molar-refractivity contribution in [1.29, 1.82) is 0 Å². The van der Waals surface area contributed by atoms with Gasteiger partial charge in [0.05, 0.1) is 14.2 Å². The molecule has 1 aromatic heterocycles. The van der Waals surface area contributed by atoms with Crippen LogP contribution < -0.4 is 9.47 Å². The highest BCUT2D eigenvalue weighted by Crippen LogP contribution is 2.32. The Hall–Kier alpha value is -2.11. The lowest BCUT2D eigenvalue weighted by molar-refractivity contribution is 0.164. The number of benzene rings is 1. The standard InChI is InChI=1S/C22H31N3O2/c1-4-25-13-7-10-20(25)17-24(15-18-8-6-12-23-14-18)16-19-9-5-11-21(26-2)22(19)27-3/h5-6,8-9,11-12,14,20H,4,7,10,13,15-17H2,1-3H3. The number of likely N-dealkylation sites (tertiary alicyclic amines) is 1. The van der Waals surface area contributed by atoms with Crippen LogP contribution in [0.5, 0.6) is 11.5 Å². The Morgan fingerprint density at radius 3 is 2.74 bits per heavy atom. The molecule has 0 bridgehead atoms. The van der Waals surface area contributed by atoms with Crippen molar-refractivity contribution in [3.63, 3.8) is 0 Å². The van der Waals surface area contributed by atoms with E-state index in [4.69, 9.17) is 9.47 Å². The summed E-state index contributed by atoms with van der Waals surface area (Å²) >= 11 is 0. The number of hydrogen-bond donors (Lipinski definition) is 0. The molecule has 0 saturated carbocycles. The Morgan fingerprint density at radius 2 is 2.04 bits per heavy atom. The Morgan fingerprint density at radius 1 is 1.15 bits per heavy atom. The average Bonchev–Trinajstić information content (AvgIpc) is 3.15. The van der Waals surface area contributed by atoms with E-state index in [9.17, 15) is 0 Å². The molecule has 0 amide bonds. The summed E-state index contributed by atoms with van der Waals surface area (Å²) in [4.78, 5) is 9.39. The molecule has 1 aliphatic heterocycles. The van der Waals surface area contributed by atoms with Crippen LogP contribution in [0, 0.1) is 0 Å². The largest absolute Gasteiger partial charge is 0.493 e. The smallest absolute Gasteiger partial charge is 0.165 e. The molecule has 0 radical (unpaired) electrons. The minimum Gasteiger partial charge on any atom is -0.493 e. The molecular weight excluding hydrogens is 338 g/mol. The van der Waals surface area contributed by atoms with Crippen molar-refractivity contribution < 1.29 is 9.47 Å². The van der Waals surface area contributed by atoms with Gasteiger partial charge in [0, 0.05) is 43.6 Å². The Balaban J connectivity index is 1.81. The van der Waals surface area contributed by atoms with E-state index in [-0.39, 0.29) is 0 Å². The first-order chi connectivity index (χ1) is 13.2. The van der Waals surface area contributed by atoms with Gasteiger partial charge in [-0.25, -0.2) is 0 Å². The van der Waals surface area contributed by atoms with Crippen molar-refractivity contribution >= 4 is 0 Å². The Kier molecular flexibility index (Phi) is 7.07. The molecule has 0 spiro atoms. The summed E-state index contributed by atoms with van der Waals surface area (Å²) in [5, 5.41) is 0. The number of hydrogen-bond acceptors (Lipinski definition) is 5. The van der Waals surface area contributed by atoms with E-state index >= 15 is 0 Å². The van der Waals surface area contributed by atoms with Gasteiger partial charge in [-0.15, -0.1) is 0 Å². The summed E-state index contributed by atoms with van der Waals surface area (Å²) in [7, 11) is 3.40. The minimum atomic E-state index is 0.614. The highest BCUT2D eigenvalue weighted by atomic mass is 16.5. The van der Waals surface area contributed by atoms with Crippen LogP contribution in [0.1, 0.15) is 30.9 Å². The molecule has 27 heavy (non-hydrogen) atoms. The van der Waals surface area contributed by atoms with Gasteiger partial charge in [0.15, 0.2) is 11.5 Å². The van der Waals surface area contributed by atoms with Crippen molar-refractivity contribution in [1.82, 2.24) is 14.8 Å². The zero-order chi connectivity index (χ0) is 19.1. The van der Waals surface area contributed by atoms with Crippen LogP contribution in [-0.4, -0.2) is 54.7 Å². The molecule has 1 aromatic carbocycles. The third-order valence-electron chi connectivity index (χ3n) is 5.38. The zero-order valence-electron chi connectivity index (χ0n) is 16.7. The number of rotatable bonds is 9. The fourth-order valence-electron chi connectivity index (χ4n) is 4.07. The number of likely N-dealkylation sites (N-methyl/N-ethyl adjacent to an activating group) is 1. The lowest BCUT2D eigenvalue weighted by Gasteiger charge is -2.31. The van der Waals surface area contributed by atoms with Gasteiger partial charge in [-0.05, 0) is 43.6 Å². The monoisotopic (exact) mass is 369 g/mol. The van der Waals surface area contributed by atoms with E-state index in [1.54, 1.807) is 14.2 Å². The molecule has 2 heterocycles. The van der Waals surface area contributed by atoms with Gasteiger partial charge in [-0.1, -0.05) is 25.1 Å². The number of ether oxygens (including phenoxy) is 2. The van der Waals surface area contributed by atoms with Crippen molar-refractivity contribution in [2.24, 2.45) is 0 Å². The third kappa shape index (κ3) is 4.99. The summed E-state index contributed by atoms with van der Waals surface area (Å²) in [6, 6.07) is 10.9. The predicted octanol–water partition coefficient (Wildman–Crippen LogP) is 3.59. The summed E-state index contributed by atoms with van der Waals surface area (Å²) < 4.78 is 11.1. The first kappa shape index (κ1) is 19.6. The van der Waals surface area contributed by atoms with Crippen LogP contribution >= 0.6 is 0 Å². The first-order valence-corrected chi connectivity index (χ1v) is 9.80. The molecule has 1 aliphatic rings. The van der Waals surface area contributed by atoms with Gasteiger partial charge < -0.3 is 9.47 Å². The second-order valence-electron chi connectivity index (χ2n) is 7.11. The normalized spacial score (nSPS) is 17.4. The molecule has 146 valence electrons. The quantitative estimate of drug-likeness (QED) is 0.675. The highest BCUT2D eigenvalue weighted by molar-refractivity contribution is 5.46. The molecule has 5 heteroatoms. The Bertz CT molecular complexity index is 708. The fourth-order valence-corrected chi connectivity index (χ4v) is 4.07. The van der Waals surface area contributed by atoms with Gasteiger partial charge in [-0.3, -0.25) is 14.8 Å². The third-order valence-corrected chi connectivity index (χ3v) is 5.38. The van der Waals surface area contributed by atoms with Crippen LogP contribution in [0.2, 0.25) is 0 Å². The van der Waals surface area contributed by atoms with Crippen LogP contribution in [0.15, 0.2) is 42.7 Å². The average molecular weight is 370 g/mol. The van der Waals surface area contributed by atoms with E-state index < -0.39 is 0 Å². The molecule has 1 atom stereocenters. The summed E-state index contributed by atoms with van der Waals surface area (Å²) in [6.45, 7) is 7.34. The maximum Gasteiger partial charge on any atom is 0.165 e. The zero-order valence-corrected chi connectivity index (χ0v) is 16.7. The van der Waals surface area contributed by atoms with Gasteiger partial charge >= 0.3 is 0 Å². The molecular formula is C22H31N3O2. The summed E-state index contributed by atoms with van der Waals surface area (Å²) in [6.07, 6.45) is 6.35. The molecule has 3 rings (SSSR count). The number of nitrogens with zero attached hydrogens (tertiary/aromatic N) is 3. The second kappa shape index (κ2) is 9.72. The molecule has 1 unspecified atom stereocenters. The number of pyridine rings is 1. The molecule has 1 saturated heterocycles. The van der Waals surface area contributed by atoms with Crippen LogP contribution in [0.25, 0.3) is 0 Å². The lowest BCUT2D eigenvalue weighted by atomic mass is 10.1. The number of para-hydroxylation sites is 1. The van der Waals surface area contributed by atoms with Crippen molar-refractivity contribution in [2.75, 3.05) is 33.9 Å². The SMILES string of the molecule is CCN1CCCC1CN(Cc1cccnc1)Cc1cccc(OC)c1OC. The van der Waals surface area contributed by atoms with Gasteiger partial charge in [0.1, 0.15) is 0 Å². The summed E-state index contributed by atoms with van der Waals surface area (Å²) in [5.74, 6) is 1.61. The van der Waals surface area contributed by atoms with Crippen LogP contribution in [-0.2, 0) is 13.1 Å². The van der Waals surface area contributed by atoms with Crippen molar-refractivity contribution in [3.8, 4) is 11.5 Å². The van der Waals surface area contributed by atoms with E-state index in [2.05, 4.69) is 33.8 Å². The minimum absolute atomic E-state index is 0.614. The molecule has 0 N–H and O–H groups in total. The first-order valence-electron chi connectivity index (χ1n) is 9.80. The fraction of sp³-hybridized carbons (Fsp3) is 0.500. The predicted molar refractivity (Wildman–Crippen MR) is 108 cm³/mol. The van der Waals surface area contributed by atoms with Gasteiger partial charge in [-0.2, -0.15) is 0 Å². The van der Waals surface area contributed by atoms with Gasteiger partial charge in [0.25, 0.3) is 0 Å². The van der Waals surface area contributed by atoms with Gasteiger partial charge in [0.2, 0.25) is 0 Å². The van der Waals surface area contributed by atoms with E-state index in [0.29, 0.717) is 6.04 Å². The number of aromatic nitrogens is 1. The Labute approximate surface area is 162 Å². The molecule has 0 aliphatic carbocycles. The highest BCUT2D eigenvalue weighted by Gasteiger charge is 2.26.